The van der Waals surface area contributed by atoms with E-state index in [1.807, 2.05) is 97.1 Å². The number of azo groups is 3. The van der Waals surface area contributed by atoms with Crippen LogP contribution in [0.3, 0.4) is 0 Å². The van der Waals surface area contributed by atoms with Crippen LogP contribution in [-0.4, -0.2) is 68.4 Å². The van der Waals surface area contributed by atoms with Crippen molar-refractivity contribution in [2.24, 2.45) is 30.7 Å². The number of aryl methyl sites for hydroxylation is 3. The minimum Gasteiger partial charge on any atom is -0.494 e. The predicted molar refractivity (Wildman–Crippen MR) is 418 cm³/mol. The summed E-state index contributed by atoms with van der Waals surface area (Å²) in [4.78, 5) is 47.8. The van der Waals surface area contributed by atoms with Crippen molar-refractivity contribution in [1.82, 2.24) is 0 Å². The summed E-state index contributed by atoms with van der Waals surface area (Å²) in [5, 5.41) is 38.3. The van der Waals surface area contributed by atoms with Crippen molar-refractivity contribution in [2.75, 3.05) is 44.1 Å². The van der Waals surface area contributed by atoms with Crippen LogP contribution >= 0.6 is 0 Å². The van der Waals surface area contributed by atoms with Gasteiger partial charge in [-0.3, -0.25) is 0 Å². The maximum Gasteiger partial charge on any atom is 0.343 e. The molecule has 0 bridgehead atoms. The molecule has 2 aliphatic rings. The van der Waals surface area contributed by atoms with E-state index in [1.54, 1.807) is 55.6 Å². The van der Waals surface area contributed by atoms with Crippen molar-refractivity contribution < 1.29 is 47.6 Å². The summed E-state index contributed by atoms with van der Waals surface area (Å²) in [6.45, 7) is 15.3. The van der Waals surface area contributed by atoms with Crippen molar-refractivity contribution in [1.29, 1.82) is 0 Å². The van der Waals surface area contributed by atoms with Crippen molar-refractivity contribution in [3.05, 3.63) is 271 Å². The van der Waals surface area contributed by atoms with Gasteiger partial charge in [0.1, 0.15) is 23.0 Å². The number of esters is 4. The lowest BCUT2D eigenvalue weighted by Gasteiger charge is -2.37. The predicted octanol–water partition coefficient (Wildman–Crippen LogP) is 22.0. The number of hydrogen-bond donors (Lipinski definition) is 2. The second-order valence-electron chi connectivity index (χ2n) is 27.1. The zero-order valence-electron chi connectivity index (χ0n) is 60.7. The minimum atomic E-state index is -0.420. The van der Waals surface area contributed by atoms with Crippen LogP contribution in [0.5, 0.6) is 23.0 Å². The monoisotopic (exact) mass is 1420 g/mol. The number of ether oxygens (including phenoxy) is 6. The van der Waals surface area contributed by atoms with Crippen LogP contribution < -0.4 is 29.6 Å². The number of anilines is 2. The van der Waals surface area contributed by atoms with E-state index >= 15 is 0 Å². The molecule has 10 aromatic carbocycles. The van der Waals surface area contributed by atoms with Gasteiger partial charge < -0.3 is 39.1 Å². The largest absolute Gasteiger partial charge is 0.494 e. The molecule has 0 aromatic heterocycles. The molecule has 0 amide bonds. The van der Waals surface area contributed by atoms with Crippen molar-refractivity contribution in [3.8, 4) is 23.0 Å². The molecule has 0 radical (unpaired) electrons. The van der Waals surface area contributed by atoms with Gasteiger partial charge in [-0.05, 0) is 266 Å². The standard InChI is InChI=1S/C44H45N5O5.C44H45N3O5/c1-4-41(50)53-29-8-6-5-7-28-52-36-23-14-32(15-24-36)43(51)54-37-21-12-31(13-22-37)26-27-44(2)30-33-16-25-39(38-10-9-11-40(46-44)42(33)38)49-48-35-19-17-34(18-20-35)47-45-3;1-4-41(48)51-29-8-6-5-7-28-50-36-23-16-33(17-24-36)43(49)52-37-21-14-32(15-22-37)26-27-44(3)30-34-18-25-39(38-10-9-11-40(45-44)42(34)38)47-46-35-19-12-31(2)13-20-35/h4,9-25,46H,1,5-8,26-30H2,2-3H3;4,9-25,45H,1,5-8,26-30H2,2-3H3. The van der Waals surface area contributed by atoms with E-state index in [9.17, 15) is 19.2 Å². The second kappa shape index (κ2) is 37.0. The summed E-state index contributed by atoms with van der Waals surface area (Å²) in [5.41, 5.74) is 13.0. The SMILES string of the molecule is C=CC(=O)OCCCCCCOc1ccc(C(=O)Oc2ccc(CCC3(C)Cc4ccc(N=Nc5ccc(C)cc5)c5cccc(c45)N3)cc2)cc1.C=CC(=O)OCCCCCCOc1ccc(C(=O)Oc2ccc(CCC3(C)Cc4ccc(N=Nc5ccc(N=NC)cc5)c5cccc(c45)N3)cc2)cc1. The maximum absolute atomic E-state index is 12.8. The van der Waals surface area contributed by atoms with Crippen LogP contribution in [0.4, 0.5) is 39.8 Å². The summed E-state index contributed by atoms with van der Waals surface area (Å²) in [5.74, 6) is 0.794. The fourth-order valence-corrected chi connectivity index (χ4v) is 13.0. The van der Waals surface area contributed by atoms with Gasteiger partial charge in [-0.2, -0.15) is 20.5 Å². The topological polar surface area (TPSA) is 222 Å². The van der Waals surface area contributed by atoms with E-state index in [4.69, 9.17) is 28.4 Å². The summed E-state index contributed by atoms with van der Waals surface area (Å²) in [7, 11) is 1.65. The van der Waals surface area contributed by atoms with Gasteiger partial charge in [0.25, 0.3) is 0 Å². The number of carbonyl (C=O) groups excluding carboxylic acids is 4. The number of nitrogens with one attached hydrogen (secondary N) is 2. The van der Waals surface area contributed by atoms with E-state index in [-0.39, 0.29) is 23.0 Å². The third-order valence-electron chi connectivity index (χ3n) is 18.7. The first-order chi connectivity index (χ1) is 51.6. The second-order valence-corrected chi connectivity index (χ2v) is 27.1. The quantitative estimate of drug-likeness (QED) is 0.0129. The zero-order chi connectivity index (χ0) is 74.1. The molecule has 2 heterocycles. The van der Waals surface area contributed by atoms with Crippen LogP contribution in [0.1, 0.15) is 127 Å². The Morgan fingerprint density at radius 3 is 1.20 bits per heavy atom. The van der Waals surface area contributed by atoms with Crippen LogP contribution in [-0.2, 0) is 44.7 Å². The molecule has 2 atom stereocenters. The summed E-state index contributed by atoms with van der Waals surface area (Å²) < 4.78 is 32.9. The molecule has 2 N–H and O–H groups in total. The number of unbranched alkanes of at least 4 members (excludes halogenated alkanes) is 6. The maximum atomic E-state index is 12.8. The van der Waals surface area contributed by atoms with Crippen LogP contribution in [0, 0.1) is 6.92 Å². The molecular weight excluding hydrogens is 1330 g/mol. The molecule has 106 heavy (non-hydrogen) atoms. The van der Waals surface area contributed by atoms with E-state index in [0.717, 1.165) is 140 Å². The highest BCUT2D eigenvalue weighted by Gasteiger charge is 2.33. The number of nitrogens with zero attached hydrogens (tertiary/aromatic N) is 6. The van der Waals surface area contributed by atoms with Gasteiger partial charge in [0, 0.05) is 63.2 Å². The average Bonchev–Trinajstić information content (AvgIpc) is 0.757. The van der Waals surface area contributed by atoms with Gasteiger partial charge in [0.15, 0.2) is 0 Å². The van der Waals surface area contributed by atoms with E-state index < -0.39 is 11.9 Å². The molecule has 542 valence electrons. The molecular formula is C88H90N8O10. The highest BCUT2D eigenvalue weighted by molar-refractivity contribution is 6.05. The third kappa shape index (κ3) is 21.4. The summed E-state index contributed by atoms with van der Waals surface area (Å²) in [6, 6.07) is 66.2. The Bertz CT molecular complexity index is 4740. The van der Waals surface area contributed by atoms with Crippen molar-refractivity contribution in [2.45, 2.75) is 122 Å². The molecule has 0 spiro atoms. The first-order valence-electron chi connectivity index (χ1n) is 36.2. The normalized spacial score (nSPS) is 14.9. The molecule has 0 aliphatic carbocycles. The van der Waals surface area contributed by atoms with Gasteiger partial charge in [-0.15, -0.1) is 10.2 Å². The third-order valence-corrected chi connectivity index (χ3v) is 18.7. The number of carbonyl (C=O) groups is 4. The molecule has 0 saturated carbocycles. The van der Waals surface area contributed by atoms with Crippen LogP contribution in [0.15, 0.2) is 262 Å². The smallest absolute Gasteiger partial charge is 0.343 e. The Kier molecular flexibility index (Phi) is 26.3. The van der Waals surface area contributed by atoms with Crippen molar-refractivity contribution >= 4 is 85.2 Å². The van der Waals surface area contributed by atoms with E-state index in [2.05, 4.69) is 136 Å². The average molecular weight is 1420 g/mol. The molecule has 10 aromatic rings. The number of benzene rings is 10. The highest BCUT2D eigenvalue weighted by Crippen LogP contribution is 2.44. The molecule has 18 nitrogen and oxygen atoms in total. The molecule has 2 aliphatic heterocycles. The Labute approximate surface area is 619 Å². The lowest BCUT2D eigenvalue weighted by atomic mass is 9.81. The summed E-state index contributed by atoms with van der Waals surface area (Å²) in [6.07, 6.45) is 14.9. The van der Waals surface area contributed by atoms with Gasteiger partial charge in [-0.25, -0.2) is 19.2 Å². The molecule has 0 saturated heterocycles. The minimum absolute atomic E-state index is 0.128. The lowest BCUT2D eigenvalue weighted by Crippen LogP contribution is -2.40. The first kappa shape index (κ1) is 75.2. The molecule has 0 fully saturated rings. The fraction of sp³-hybridized carbons (Fsp3) is 0.273. The molecule has 18 heteroatoms. The highest BCUT2D eigenvalue weighted by atomic mass is 16.5. The van der Waals surface area contributed by atoms with Crippen molar-refractivity contribution in [3.63, 3.8) is 0 Å². The number of rotatable bonds is 33. The Morgan fingerprint density at radius 1 is 0.425 bits per heavy atom. The van der Waals surface area contributed by atoms with Gasteiger partial charge in [0.05, 0.1) is 66.0 Å². The Balaban J connectivity index is 0.000000212. The first-order valence-corrected chi connectivity index (χ1v) is 36.2. The van der Waals surface area contributed by atoms with Crippen LogP contribution in [0.2, 0.25) is 0 Å². The fourth-order valence-electron chi connectivity index (χ4n) is 13.0. The van der Waals surface area contributed by atoms with Gasteiger partial charge in [-0.1, -0.05) is 91.5 Å². The lowest BCUT2D eigenvalue weighted by molar-refractivity contribution is -0.138. The Morgan fingerprint density at radius 2 is 0.802 bits per heavy atom. The molecule has 12 rings (SSSR count). The van der Waals surface area contributed by atoms with Gasteiger partial charge >= 0.3 is 23.9 Å². The van der Waals surface area contributed by atoms with E-state index in [0.29, 0.717) is 60.6 Å². The van der Waals surface area contributed by atoms with Crippen LogP contribution in [0.25, 0.3) is 21.5 Å². The zero-order valence-corrected chi connectivity index (χ0v) is 60.7. The Hall–Kier alpha value is -11.9. The molecule has 2 unspecified atom stereocenters. The summed E-state index contributed by atoms with van der Waals surface area (Å²) >= 11 is 0. The number of hydrogen-bond acceptors (Lipinski definition) is 18. The van der Waals surface area contributed by atoms with Gasteiger partial charge in [0.2, 0.25) is 0 Å². The van der Waals surface area contributed by atoms with E-state index in [1.165, 1.54) is 50.7 Å².